The molecular formula is C18H40. The van der Waals surface area contributed by atoms with Crippen molar-refractivity contribution < 1.29 is 0 Å². The highest BCUT2D eigenvalue weighted by molar-refractivity contribution is 4.52. The Labute approximate surface area is 118 Å². The molecule has 0 atom stereocenters. The van der Waals surface area contributed by atoms with Crippen LogP contribution in [-0.2, 0) is 0 Å². The predicted octanol–water partition coefficient (Wildman–Crippen LogP) is 7.23. The Kier molecular flexibility index (Phi) is 19.2. The maximum Gasteiger partial charge on any atom is -0.0443 e. The summed E-state index contributed by atoms with van der Waals surface area (Å²) in [5.41, 5.74) is 0. The van der Waals surface area contributed by atoms with Crippen molar-refractivity contribution in [3.05, 3.63) is 0 Å². The van der Waals surface area contributed by atoms with Gasteiger partial charge in [-0.2, -0.15) is 0 Å². The highest BCUT2D eigenvalue weighted by Gasteiger charge is 1.98. The summed E-state index contributed by atoms with van der Waals surface area (Å²) in [5.74, 6) is 1.94. The van der Waals surface area contributed by atoms with Crippen LogP contribution in [0.15, 0.2) is 0 Å². The van der Waals surface area contributed by atoms with Crippen LogP contribution in [-0.4, -0.2) is 0 Å². The van der Waals surface area contributed by atoms with Crippen LogP contribution in [0, 0.1) is 11.8 Å². The summed E-state index contributed by atoms with van der Waals surface area (Å²) >= 11 is 0. The number of unbranched alkanes of at least 4 members (excludes halogenated alkanes) is 2. The fourth-order valence-electron chi connectivity index (χ4n) is 2.38. The van der Waals surface area contributed by atoms with Crippen LogP contribution in [0.1, 0.15) is 106 Å². The lowest BCUT2D eigenvalue weighted by molar-refractivity contribution is 0.454. The molecule has 0 spiro atoms. The van der Waals surface area contributed by atoms with Crippen LogP contribution in [0.3, 0.4) is 0 Å². The van der Waals surface area contributed by atoms with Gasteiger partial charge < -0.3 is 0 Å². The monoisotopic (exact) mass is 256 g/mol. The second kappa shape index (κ2) is 17.0. The highest BCUT2D eigenvalue weighted by atomic mass is 14.0. The van der Waals surface area contributed by atoms with Gasteiger partial charge in [-0.1, -0.05) is 106 Å². The molecule has 0 saturated carbocycles. The molecule has 0 aromatic carbocycles. The highest BCUT2D eigenvalue weighted by Crippen LogP contribution is 2.14. The molecule has 0 fully saturated rings. The summed E-state index contributed by atoms with van der Waals surface area (Å²) in [6, 6.07) is 0. The van der Waals surface area contributed by atoms with E-state index >= 15 is 0 Å². The molecule has 0 aliphatic carbocycles. The molecule has 0 N–H and O–H groups in total. The quantitative estimate of drug-likeness (QED) is 0.387. The van der Waals surface area contributed by atoms with E-state index < -0.39 is 0 Å². The van der Waals surface area contributed by atoms with Gasteiger partial charge in [0, 0.05) is 0 Å². The van der Waals surface area contributed by atoms with Crippen molar-refractivity contribution in [3.8, 4) is 0 Å². The first kappa shape index (κ1) is 20.3. The summed E-state index contributed by atoms with van der Waals surface area (Å²) in [6.45, 7) is 13.8. The van der Waals surface area contributed by atoms with Crippen LogP contribution in [0.4, 0.5) is 0 Å². The molecule has 18 heavy (non-hydrogen) atoms. The Hall–Kier alpha value is 0. The Morgan fingerprint density at radius 2 is 0.833 bits per heavy atom. The van der Waals surface area contributed by atoms with Gasteiger partial charge in [-0.15, -0.1) is 0 Å². The zero-order chi connectivity index (χ0) is 14.2. The second-order valence-corrected chi connectivity index (χ2v) is 6.07. The molecule has 0 aliphatic rings. The van der Waals surface area contributed by atoms with Crippen molar-refractivity contribution in [2.75, 3.05) is 0 Å². The van der Waals surface area contributed by atoms with Gasteiger partial charge in [0.2, 0.25) is 0 Å². The van der Waals surface area contributed by atoms with Crippen LogP contribution in [0.2, 0.25) is 0 Å². The molecule has 0 aliphatic heterocycles. The van der Waals surface area contributed by atoms with Crippen LogP contribution in [0.25, 0.3) is 0 Å². The molecule has 0 aromatic heterocycles. The van der Waals surface area contributed by atoms with E-state index in [0.717, 1.165) is 11.8 Å². The van der Waals surface area contributed by atoms with Crippen molar-refractivity contribution in [3.63, 3.8) is 0 Å². The topological polar surface area (TPSA) is 0 Å². The maximum atomic E-state index is 2.38. The summed E-state index contributed by atoms with van der Waals surface area (Å²) in [7, 11) is 0. The summed E-state index contributed by atoms with van der Waals surface area (Å²) < 4.78 is 0. The third-order valence-corrected chi connectivity index (χ3v) is 3.66. The largest absolute Gasteiger partial charge is 0.0654 e. The summed E-state index contributed by atoms with van der Waals surface area (Å²) in [4.78, 5) is 0. The van der Waals surface area contributed by atoms with E-state index in [9.17, 15) is 0 Å². The molecule has 0 heteroatoms. The molecule has 0 heterocycles. The van der Waals surface area contributed by atoms with Gasteiger partial charge in [-0.3, -0.25) is 0 Å². The van der Waals surface area contributed by atoms with E-state index in [2.05, 4.69) is 41.5 Å². The van der Waals surface area contributed by atoms with Crippen molar-refractivity contribution in [2.45, 2.75) is 106 Å². The van der Waals surface area contributed by atoms with E-state index in [1.54, 1.807) is 0 Å². The Morgan fingerprint density at radius 3 is 1.11 bits per heavy atom. The molecule has 0 radical (unpaired) electrons. The molecule has 112 valence electrons. The zero-order valence-corrected chi connectivity index (χ0v) is 14.2. The minimum Gasteiger partial charge on any atom is -0.0654 e. The smallest absolute Gasteiger partial charge is 0.0443 e. The fourth-order valence-corrected chi connectivity index (χ4v) is 2.38. The average molecular weight is 257 g/mol. The van der Waals surface area contributed by atoms with E-state index in [1.807, 2.05) is 0 Å². The molecule has 0 amide bonds. The molecule has 0 bridgehead atoms. The molecule has 0 unspecified atom stereocenters. The normalized spacial score (nSPS) is 10.7. The second-order valence-electron chi connectivity index (χ2n) is 6.07. The first-order valence-corrected chi connectivity index (χ1v) is 8.62. The van der Waals surface area contributed by atoms with Gasteiger partial charge in [-0.05, 0) is 11.8 Å². The maximum absolute atomic E-state index is 2.38. The molecule has 0 saturated heterocycles. The lowest BCUT2D eigenvalue weighted by Crippen LogP contribution is -1.93. The molecule has 0 aromatic rings. The first-order chi connectivity index (χ1) is 8.62. The Bertz CT molecular complexity index is 114. The Morgan fingerprint density at radius 1 is 0.500 bits per heavy atom. The van der Waals surface area contributed by atoms with Crippen molar-refractivity contribution >= 4 is 0 Å². The third-order valence-electron chi connectivity index (χ3n) is 3.66. The van der Waals surface area contributed by atoms with Crippen LogP contribution in [0.5, 0.6) is 0 Å². The lowest BCUT2D eigenvalue weighted by Gasteiger charge is -2.08. The van der Waals surface area contributed by atoms with Gasteiger partial charge in [0.15, 0.2) is 0 Å². The average Bonchev–Trinajstić information content (AvgIpc) is 2.35. The van der Waals surface area contributed by atoms with E-state index in [-0.39, 0.29) is 0 Å². The van der Waals surface area contributed by atoms with E-state index in [1.165, 1.54) is 64.2 Å². The minimum atomic E-state index is 0.963. The van der Waals surface area contributed by atoms with Crippen molar-refractivity contribution in [1.82, 2.24) is 0 Å². The molecule has 0 nitrogen and oxygen atoms in total. The molecule has 0 rings (SSSR count). The summed E-state index contributed by atoms with van der Waals surface area (Å²) in [5, 5.41) is 0. The minimum absolute atomic E-state index is 0.963. The number of hydrogen-bond donors (Lipinski definition) is 0. The van der Waals surface area contributed by atoms with E-state index in [4.69, 9.17) is 0 Å². The standard InChI is InChI=1S/C10H22.C8H18/c1-4-6-8-10(3)9-7-5-2;1-4-6-8(3)7-5-2/h10H,4-9H2,1-3H3;8H,4-7H2,1-3H3. The first-order valence-electron chi connectivity index (χ1n) is 8.62. The van der Waals surface area contributed by atoms with Gasteiger partial charge in [0.25, 0.3) is 0 Å². The van der Waals surface area contributed by atoms with Gasteiger partial charge in [0.05, 0.1) is 0 Å². The van der Waals surface area contributed by atoms with Gasteiger partial charge in [-0.25, -0.2) is 0 Å². The summed E-state index contributed by atoms with van der Waals surface area (Å²) in [6.07, 6.45) is 14.0. The fraction of sp³-hybridized carbons (Fsp3) is 1.00. The number of hydrogen-bond acceptors (Lipinski definition) is 0. The Balaban J connectivity index is 0. The van der Waals surface area contributed by atoms with Gasteiger partial charge >= 0.3 is 0 Å². The van der Waals surface area contributed by atoms with Crippen LogP contribution < -0.4 is 0 Å². The van der Waals surface area contributed by atoms with Crippen molar-refractivity contribution in [1.29, 1.82) is 0 Å². The number of rotatable bonds is 10. The van der Waals surface area contributed by atoms with Gasteiger partial charge in [0.1, 0.15) is 0 Å². The van der Waals surface area contributed by atoms with Crippen LogP contribution >= 0.6 is 0 Å². The SMILES string of the molecule is CCCC(C)CCC.CCCCC(C)CCCC. The third kappa shape index (κ3) is 18.4. The molecular weight excluding hydrogens is 216 g/mol. The predicted molar refractivity (Wildman–Crippen MR) is 87.2 cm³/mol. The van der Waals surface area contributed by atoms with Crippen molar-refractivity contribution in [2.24, 2.45) is 11.8 Å². The lowest BCUT2D eigenvalue weighted by atomic mass is 9.98. The zero-order valence-electron chi connectivity index (χ0n) is 14.2. The van der Waals surface area contributed by atoms with E-state index in [0.29, 0.717) is 0 Å².